The summed E-state index contributed by atoms with van der Waals surface area (Å²) in [6.45, 7) is 2.11. The molecular formula is C16H25N3O2. The summed E-state index contributed by atoms with van der Waals surface area (Å²) in [5.41, 5.74) is 6.46. The summed E-state index contributed by atoms with van der Waals surface area (Å²) in [5.74, 6) is 0.816. The van der Waals surface area contributed by atoms with Gasteiger partial charge in [0.05, 0.1) is 13.7 Å². The Bertz CT molecular complexity index is 445. The van der Waals surface area contributed by atoms with Crippen molar-refractivity contribution >= 4 is 11.6 Å². The van der Waals surface area contributed by atoms with Crippen LogP contribution in [0.15, 0.2) is 24.3 Å². The molecule has 5 nitrogen and oxygen atoms in total. The number of piperidine rings is 1. The zero-order valence-corrected chi connectivity index (χ0v) is 12.7. The normalized spacial score (nSPS) is 19.2. The van der Waals surface area contributed by atoms with E-state index in [0.29, 0.717) is 19.1 Å². The van der Waals surface area contributed by atoms with Crippen molar-refractivity contribution in [3.63, 3.8) is 0 Å². The molecule has 1 fully saturated rings. The highest BCUT2D eigenvalue weighted by Crippen LogP contribution is 2.19. The fourth-order valence-corrected chi connectivity index (χ4v) is 2.85. The van der Waals surface area contributed by atoms with Crippen LogP contribution < -0.4 is 15.8 Å². The lowest BCUT2D eigenvalue weighted by atomic mass is 9.99. The first kappa shape index (κ1) is 15.8. The molecule has 2 rings (SSSR count). The third-order valence-electron chi connectivity index (χ3n) is 3.97. The van der Waals surface area contributed by atoms with E-state index in [4.69, 9.17) is 10.5 Å². The Balaban J connectivity index is 1.87. The fraction of sp³-hybridized carbons (Fsp3) is 0.562. The molecule has 0 saturated carbocycles. The maximum Gasteiger partial charge on any atom is 0.238 e. The lowest BCUT2D eigenvalue weighted by Gasteiger charge is -2.35. The number of nitrogens with zero attached hydrogens (tertiary/aromatic N) is 1. The molecule has 0 bridgehead atoms. The highest BCUT2D eigenvalue weighted by molar-refractivity contribution is 5.92. The fourth-order valence-electron chi connectivity index (χ4n) is 2.85. The molecule has 1 amide bonds. The van der Waals surface area contributed by atoms with E-state index < -0.39 is 0 Å². The number of nitrogens with two attached hydrogens (primary N) is 1. The molecule has 0 aliphatic carbocycles. The standard InChI is InChI=1S/C16H25N3O2/c1-21-15-7-5-13(6-8-15)18-16(20)12-19-11-3-2-4-14(19)9-10-17/h5-8,14H,2-4,9-12,17H2,1H3,(H,18,20). The Morgan fingerprint density at radius 2 is 2.14 bits per heavy atom. The Hall–Kier alpha value is -1.59. The van der Waals surface area contributed by atoms with Crippen molar-refractivity contribution in [1.82, 2.24) is 4.90 Å². The Kier molecular flexibility index (Phi) is 6.02. The van der Waals surface area contributed by atoms with Gasteiger partial charge in [0.15, 0.2) is 0 Å². The third kappa shape index (κ3) is 4.72. The number of hydrogen-bond donors (Lipinski definition) is 2. The number of hydrogen-bond acceptors (Lipinski definition) is 4. The van der Waals surface area contributed by atoms with Gasteiger partial charge in [-0.2, -0.15) is 0 Å². The average Bonchev–Trinajstić information content (AvgIpc) is 2.50. The molecule has 1 aromatic rings. The molecule has 1 aliphatic heterocycles. The Labute approximate surface area is 126 Å². The quantitative estimate of drug-likeness (QED) is 0.839. The molecule has 1 atom stereocenters. The van der Waals surface area contributed by atoms with Crippen molar-refractivity contribution in [2.24, 2.45) is 5.73 Å². The molecule has 5 heteroatoms. The van der Waals surface area contributed by atoms with Crippen LogP contribution in [0.25, 0.3) is 0 Å². The highest BCUT2D eigenvalue weighted by atomic mass is 16.5. The van der Waals surface area contributed by atoms with E-state index in [0.717, 1.165) is 37.2 Å². The lowest BCUT2D eigenvalue weighted by molar-refractivity contribution is -0.118. The number of benzene rings is 1. The van der Waals surface area contributed by atoms with Gasteiger partial charge in [-0.3, -0.25) is 9.69 Å². The first-order valence-electron chi connectivity index (χ1n) is 7.61. The largest absolute Gasteiger partial charge is 0.497 e. The van der Waals surface area contributed by atoms with Crippen LogP contribution in [0.1, 0.15) is 25.7 Å². The monoisotopic (exact) mass is 291 g/mol. The van der Waals surface area contributed by atoms with Crippen LogP contribution >= 0.6 is 0 Å². The predicted octanol–water partition coefficient (Wildman–Crippen LogP) is 1.84. The van der Waals surface area contributed by atoms with Gasteiger partial charge in [0.25, 0.3) is 0 Å². The number of rotatable bonds is 6. The third-order valence-corrected chi connectivity index (χ3v) is 3.97. The van der Waals surface area contributed by atoms with Crippen LogP contribution in [0.3, 0.4) is 0 Å². The molecule has 116 valence electrons. The van der Waals surface area contributed by atoms with Crippen molar-refractivity contribution in [1.29, 1.82) is 0 Å². The van der Waals surface area contributed by atoms with Crippen molar-refractivity contribution < 1.29 is 9.53 Å². The SMILES string of the molecule is COc1ccc(NC(=O)CN2CCCCC2CCN)cc1. The number of carbonyl (C=O) groups is 1. The van der Waals surface area contributed by atoms with E-state index in [-0.39, 0.29) is 5.91 Å². The molecule has 3 N–H and O–H groups in total. The van der Waals surface area contributed by atoms with Crippen LogP contribution in [-0.2, 0) is 4.79 Å². The van der Waals surface area contributed by atoms with E-state index in [2.05, 4.69) is 10.2 Å². The number of methoxy groups -OCH3 is 1. The van der Waals surface area contributed by atoms with E-state index in [9.17, 15) is 4.79 Å². The minimum Gasteiger partial charge on any atom is -0.497 e. The summed E-state index contributed by atoms with van der Waals surface area (Å²) >= 11 is 0. The van der Waals surface area contributed by atoms with Gasteiger partial charge in [0.2, 0.25) is 5.91 Å². The van der Waals surface area contributed by atoms with Crippen LogP contribution in [0.5, 0.6) is 5.75 Å². The number of amides is 1. The van der Waals surface area contributed by atoms with E-state index in [1.165, 1.54) is 6.42 Å². The molecule has 1 heterocycles. The van der Waals surface area contributed by atoms with Crippen LogP contribution in [0.2, 0.25) is 0 Å². The molecule has 1 saturated heterocycles. The smallest absolute Gasteiger partial charge is 0.238 e. The van der Waals surface area contributed by atoms with Crippen LogP contribution in [0.4, 0.5) is 5.69 Å². The number of carbonyl (C=O) groups excluding carboxylic acids is 1. The van der Waals surface area contributed by atoms with Gasteiger partial charge in [-0.05, 0) is 56.6 Å². The van der Waals surface area contributed by atoms with Gasteiger partial charge in [-0.1, -0.05) is 6.42 Å². The second kappa shape index (κ2) is 8.00. The maximum atomic E-state index is 12.2. The number of likely N-dealkylation sites (tertiary alicyclic amines) is 1. The summed E-state index contributed by atoms with van der Waals surface area (Å²) in [5, 5.41) is 2.94. The number of ether oxygens (including phenoxy) is 1. The molecule has 1 aromatic carbocycles. The minimum absolute atomic E-state index is 0.0316. The molecule has 1 aliphatic rings. The van der Waals surface area contributed by atoms with Crippen LogP contribution in [0, 0.1) is 0 Å². The van der Waals surface area contributed by atoms with E-state index >= 15 is 0 Å². The van der Waals surface area contributed by atoms with E-state index in [1.807, 2.05) is 24.3 Å². The topological polar surface area (TPSA) is 67.6 Å². The molecule has 0 spiro atoms. The van der Waals surface area contributed by atoms with Crippen molar-refractivity contribution in [3.05, 3.63) is 24.3 Å². The summed E-state index contributed by atoms with van der Waals surface area (Å²) in [6, 6.07) is 7.83. The Morgan fingerprint density at radius 3 is 2.81 bits per heavy atom. The summed E-state index contributed by atoms with van der Waals surface area (Å²) < 4.78 is 5.10. The summed E-state index contributed by atoms with van der Waals surface area (Å²) in [6.07, 6.45) is 4.51. The maximum absolute atomic E-state index is 12.2. The molecule has 1 unspecified atom stereocenters. The zero-order chi connectivity index (χ0) is 15.1. The average molecular weight is 291 g/mol. The second-order valence-electron chi connectivity index (χ2n) is 5.47. The molecular weight excluding hydrogens is 266 g/mol. The van der Waals surface area contributed by atoms with Gasteiger partial charge in [-0.25, -0.2) is 0 Å². The van der Waals surface area contributed by atoms with E-state index in [1.54, 1.807) is 7.11 Å². The zero-order valence-electron chi connectivity index (χ0n) is 12.7. The van der Waals surface area contributed by atoms with Gasteiger partial charge < -0.3 is 15.8 Å². The highest BCUT2D eigenvalue weighted by Gasteiger charge is 2.23. The van der Waals surface area contributed by atoms with Crippen molar-refractivity contribution in [3.8, 4) is 5.75 Å². The molecule has 0 radical (unpaired) electrons. The van der Waals surface area contributed by atoms with Gasteiger partial charge >= 0.3 is 0 Å². The van der Waals surface area contributed by atoms with Gasteiger partial charge in [0, 0.05) is 11.7 Å². The molecule has 0 aromatic heterocycles. The minimum atomic E-state index is 0.0316. The Morgan fingerprint density at radius 1 is 1.38 bits per heavy atom. The number of nitrogens with one attached hydrogen (secondary N) is 1. The molecule has 21 heavy (non-hydrogen) atoms. The summed E-state index contributed by atoms with van der Waals surface area (Å²) in [4.78, 5) is 14.4. The lowest BCUT2D eigenvalue weighted by Crippen LogP contribution is -2.44. The second-order valence-corrected chi connectivity index (χ2v) is 5.47. The number of anilines is 1. The first-order valence-corrected chi connectivity index (χ1v) is 7.61. The summed E-state index contributed by atoms with van der Waals surface area (Å²) in [7, 11) is 1.63. The van der Waals surface area contributed by atoms with Crippen molar-refractivity contribution in [2.45, 2.75) is 31.7 Å². The van der Waals surface area contributed by atoms with Gasteiger partial charge in [-0.15, -0.1) is 0 Å². The van der Waals surface area contributed by atoms with Gasteiger partial charge in [0.1, 0.15) is 5.75 Å². The predicted molar refractivity (Wildman–Crippen MR) is 84.5 cm³/mol. The van der Waals surface area contributed by atoms with Crippen molar-refractivity contribution in [2.75, 3.05) is 32.1 Å². The van der Waals surface area contributed by atoms with Crippen LogP contribution in [-0.4, -0.2) is 43.6 Å². The first-order chi connectivity index (χ1) is 10.2.